The van der Waals surface area contributed by atoms with Crippen LogP contribution < -0.4 is 0 Å². The van der Waals surface area contributed by atoms with E-state index in [1.165, 1.54) is 27.2 Å². The Hall–Kier alpha value is -6.39. The van der Waals surface area contributed by atoms with Crippen molar-refractivity contribution in [3.63, 3.8) is 0 Å². The Kier molecular flexibility index (Phi) is 6.43. The zero-order valence-electron chi connectivity index (χ0n) is 25.5. The number of aromatic nitrogens is 4. The number of rotatable bonds is 5. The number of hydrogen-bond acceptors (Lipinski definition) is 3. The summed E-state index contributed by atoms with van der Waals surface area (Å²) in [4.78, 5) is 15.0. The van der Waals surface area contributed by atoms with Crippen LogP contribution in [0, 0.1) is 0 Å². The van der Waals surface area contributed by atoms with E-state index in [4.69, 9.17) is 15.0 Å². The first-order valence-electron chi connectivity index (χ1n) is 15.8. The number of hydrogen-bond donors (Lipinski definition) is 0. The molecule has 9 aromatic rings. The summed E-state index contributed by atoms with van der Waals surface area (Å²) >= 11 is 0. The van der Waals surface area contributed by atoms with Gasteiger partial charge in [0.25, 0.3) is 0 Å². The van der Waals surface area contributed by atoms with Crippen molar-refractivity contribution in [2.45, 2.75) is 0 Å². The molecule has 0 radical (unpaired) electrons. The Morgan fingerprint density at radius 2 is 0.830 bits per heavy atom. The third-order valence-corrected chi connectivity index (χ3v) is 8.81. The van der Waals surface area contributed by atoms with Crippen molar-refractivity contribution < 1.29 is 0 Å². The molecule has 220 valence electrons. The number of benzene rings is 7. The van der Waals surface area contributed by atoms with Crippen LogP contribution in [0.15, 0.2) is 170 Å². The first-order valence-corrected chi connectivity index (χ1v) is 15.8. The molecule has 7 aromatic carbocycles. The maximum Gasteiger partial charge on any atom is 0.164 e. The minimum Gasteiger partial charge on any atom is -0.309 e. The van der Waals surface area contributed by atoms with E-state index >= 15 is 0 Å². The summed E-state index contributed by atoms with van der Waals surface area (Å²) in [6, 6.07) is 59.3. The summed E-state index contributed by atoms with van der Waals surface area (Å²) < 4.78 is 2.35. The Morgan fingerprint density at radius 3 is 1.55 bits per heavy atom. The van der Waals surface area contributed by atoms with Crippen LogP contribution in [0.4, 0.5) is 0 Å². The minimum absolute atomic E-state index is 0.641. The van der Waals surface area contributed by atoms with E-state index < -0.39 is 0 Å². The number of nitrogens with zero attached hydrogens (tertiary/aromatic N) is 4. The zero-order valence-corrected chi connectivity index (χ0v) is 25.5. The van der Waals surface area contributed by atoms with E-state index in [0.29, 0.717) is 17.5 Å². The lowest BCUT2D eigenvalue weighted by molar-refractivity contribution is 1.07. The second-order valence-electron chi connectivity index (χ2n) is 11.7. The van der Waals surface area contributed by atoms with Gasteiger partial charge in [0.2, 0.25) is 0 Å². The fourth-order valence-electron chi connectivity index (χ4n) is 6.54. The third-order valence-electron chi connectivity index (χ3n) is 8.81. The summed E-state index contributed by atoms with van der Waals surface area (Å²) in [7, 11) is 0. The van der Waals surface area contributed by atoms with Crippen molar-refractivity contribution in [2.75, 3.05) is 0 Å². The molecule has 0 saturated heterocycles. The molecule has 0 saturated carbocycles. The van der Waals surface area contributed by atoms with Gasteiger partial charge in [-0.3, -0.25) is 0 Å². The molecule has 9 rings (SSSR count). The highest BCUT2D eigenvalue weighted by Gasteiger charge is 2.15. The molecular formula is C43H28N4. The first-order chi connectivity index (χ1) is 23.3. The van der Waals surface area contributed by atoms with Gasteiger partial charge < -0.3 is 4.57 Å². The van der Waals surface area contributed by atoms with E-state index in [-0.39, 0.29) is 0 Å². The smallest absolute Gasteiger partial charge is 0.164 e. The molecule has 0 bridgehead atoms. The van der Waals surface area contributed by atoms with Crippen molar-refractivity contribution in [2.24, 2.45) is 0 Å². The van der Waals surface area contributed by atoms with Gasteiger partial charge in [0, 0.05) is 33.2 Å². The number of para-hydroxylation sites is 2. The van der Waals surface area contributed by atoms with Crippen LogP contribution in [0.1, 0.15) is 0 Å². The quantitative estimate of drug-likeness (QED) is 0.197. The van der Waals surface area contributed by atoms with Crippen LogP contribution in [0.25, 0.3) is 83.6 Å². The Morgan fingerprint density at radius 1 is 0.319 bits per heavy atom. The predicted octanol–water partition coefficient (Wildman–Crippen LogP) is 10.8. The molecule has 4 nitrogen and oxygen atoms in total. The first kappa shape index (κ1) is 27.0. The molecule has 0 fully saturated rings. The number of fused-ring (bicyclic) bond motifs is 4. The molecule has 0 unspecified atom stereocenters. The lowest BCUT2D eigenvalue weighted by Crippen LogP contribution is -2.00. The average Bonchev–Trinajstić information content (AvgIpc) is 3.49. The topological polar surface area (TPSA) is 43.6 Å². The van der Waals surface area contributed by atoms with Crippen LogP contribution in [-0.4, -0.2) is 19.5 Å². The van der Waals surface area contributed by atoms with Crippen LogP contribution in [-0.2, 0) is 0 Å². The van der Waals surface area contributed by atoms with Gasteiger partial charge in [0.1, 0.15) is 0 Å². The molecule has 2 aromatic heterocycles. The van der Waals surface area contributed by atoms with Crippen molar-refractivity contribution >= 4 is 32.6 Å². The molecule has 0 atom stereocenters. The van der Waals surface area contributed by atoms with Crippen molar-refractivity contribution in [3.05, 3.63) is 170 Å². The minimum atomic E-state index is 0.641. The summed E-state index contributed by atoms with van der Waals surface area (Å²) in [6.45, 7) is 0. The highest BCUT2D eigenvalue weighted by Crippen LogP contribution is 2.34. The van der Waals surface area contributed by atoms with Crippen LogP contribution in [0.5, 0.6) is 0 Å². The monoisotopic (exact) mass is 600 g/mol. The van der Waals surface area contributed by atoms with Gasteiger partial charge in [0.15, 0.2) is 17.5 Å². The Balaban J connectivity index is 1.17. The van der Waals surface area contributed by atoms with E-state index in [2.05, 4.69) is 144 Å². The van der Waals surface area contributed by atoms with Gasteiger partial charge in [-0.2, -0.15) is 0 Å². The van der Waals surface area contributed by atoms with E-state index in [1.807, 2.05) is 30.3 Å². The van der Waals surface area contributed by atoms with Crippen molar-refractivity contribution in [1.29, 1.82) is 0 Å². The van der Waals surface area contributed by atoms with Crippen LogP contribution >= 0.6 is 0 Å². The second-order valence-corrected chi connectivity index (χ2v) is 11.7. The fourth-order valence-corrected chi connectivity index (χ4v) is 6.54. The van der Waals surface area contributed by atoms with Gasteiger partial charge >= 0.3 is 0 Å². The second kappa shape index (κ2) is 11.2. The van der Waals surface area contributed by atoms with Crippen LogP contribution in [0.2, 0.25) is 0 Å². The summed E-state index contributed by atoms with van der Waals surface area (Å²) in [5.74, 6) is 1.94. The van der Waals surface area contributed by atoms with E-state index in [9.17, 15) is 0 Å². The summed E-state index contributed by atoms with van der Waals surface area (Å²) in [5.41, 5.74) is 8.57. The average molecular weight is 601 g/mol. The Bertz CT molecular complexity index is 2530. The highest BCUT2D eigenvalue weighted by molar-refractivity contribution is 6.09. The third kappa shape index (κ3) is 4.84. The van der Waals surface area contributed by atoms with E-state index in [0.717, 1.165) is 38.9 Å². The fraction of sp³-hybridized carbons (Fsp3) is 0. The molecule has 2 heterocycles. The molecule has 0 spiro atoms. The normalized spacial score (nSPS) is 11.4. The van der Waals surface area contributed by atoms with Gasteiger partial charge in [0.05, 0.1) is 11.0 Å². The van der Waals surface area contributed by atoms with Crippen molar-refractivity contribution in [3.8, 4) is 51.0 Å². The van der Waals surface area contributed by atoms with Crippen LogP contribution in [0.3, 0.4) is 0 Å². The van der Waals surface area contributed by atoms with Gasteiger partial charge in [-0.15, -0.1) is 0 Å². The van der Waals surface area contributed by atoms with Gasteiger partial charge in [-0.05, 0) is 58.3 Å². The van der Waals surface area contributed by atoms with Gasteiger partial charge in [-0.25, -0.2) is 15.0 Å². The summed E-state index contributed by atoms with van der Waals surface area (Å²) in [6.07, 6.45) is 0. The van der Waals surface area contributed by atoms with E-state index in [1.54, 1.807) is 0 Å². The summed E-state index contributed by atoms with van der Waals surface area (Å²) in [5, 5.41) is 4.84. The largest absolute Gasteiger partial charge is 0.309 e. The lowest BCUT2D eigenvalue weighted by atomic mass is 10.0. The molecule has 0 N–H and O–H groups in total. The molecule has 4 heteroatoms. The molecule has 47 heavy (non-hydrogen) atoms. The standard InChI is InChI=1S/C43H28N4/c1-2-13-30(14-3-1)41-44-42(46-43(45-41)35-25-24-29-12-4-5-15-31(29)26-35)34-18-10-16-32(27-34)33-17-11-19-36(28-33)47-39-22-8-6-20-37(39)38-21-7-9-23-40(38)47/h1-28H. The lowest BCUT2D eigenvalue weighted by Gasteiger charge is -2.12. The zero-order chi connectivity index (χ0) is 31.2. The highest BCUT2D eigenvalue weighted by atomic mass is 15.0. The maximum atomic E-state index is 5.04. The SMILES string of the molecule is c1ccc(-c2nc(-c3cccc(-c4cccc(-n5c6ccccc6c6ccccc65)c4)c3)nc(-c3ccc4ccccc4c3)n2)cc1. The predicted molar refractivity (Wildman–Crippen MR) is 193 cm³/mol. The maximum absolute atomic E-state index is 5.04. The molecular weight excluding hydrogens is 573 g/mol. The molecule has 0 aliphatic carbocycles. The Labute approximate surface area is 272 Å². The molecule has 0 aliphatic rings. The molecule has 0 aliphatic heterocycles. The van der Waals surface area contributed by atoms with Gasteiger partial charge in [-0.1, -0.05) is 133 Å². The van der Waals surface area contributed by atoms with Crippen molar-refractivity contribution in [1.82, 2.24) is 19.5 Å². The molecule has 0 amide bonds.